The van der Waals surface area contributed by atoms with Gasteiger partial charge in [-0.25, -0.2) is 0 Å². The number of amides is 2. The van der Waals surface area contributed by atoms with Gasteiger partial charge in [-0.2, -0.15) is 13.2 Å². The minimum Gasteiger partial charge on any atom is -0.497 e. The minimum absolute atomic E-state index is 0.0894. The Hall–Kier alpha value is -3.33. The van der Waals surface area contributed by atoms with Crippen molar-refractivity contribution in [2.75, 3.05) is 20.2 Å². The lowest BCUT2D eigenvalue weighted by Gasteiger charge is -2.38. The first-order valence-corrected chi connectivity index (χ1v) is 13.0. The number of halogens is 3. The Kier molecular flexibility index (Phi) is 7.92. The van der Waals surface area contributed by atoms with Crippen molar-refractivity contribution in [3.8, 4) is 5.75 Å². The molecule has 2 atom stereocenters. The molecule has 0 bridgehead atoms. The van der Waals surface area contributed by atoms with E-state index in [1.54, 1.807) is 30.3 Å². The molecule has 9 heteroatoms. The second-order valence-electron chi connectivity index (χ2n) is 9.08. The first-order valence-electron chi connectivity index (χ1n) is 12.1. The standard InChI is InChI=1S/C28H29F3N2O3S/c1-4-18(2)33(27(35)20-6-5-7-21(16-20)28(29,30)31)17-25(34)32-14-12-24-23(13-15-37-24)26(32)19-8-10-22(36-3)11-9-19/h5-11,13,15-16,18,26H,4,12,14,17H2,1-3H3. The molecule has 37 heavy (non-hydrogen) atoms. The maximum absolute atomic E-state index is 13.8. The molecule has 0 saturated carbocycles. The first-order chi connectivity index (χ1) is 17.6. The number of benzene rings is 2. The number of thiophene rings is 1. The van der Waals surface area contributed by atoms with Gasteiger partial charge in [0, 0.05) is 23.0 Å². The van der Waals surface area contributed by atoms with Gasteiger partial charge in [-0.15, -0.1) is 11.3 Å². The molecule has 1 aliphatic heterocycles. The number of nitrogens with zero attached hydrogens (tertiary/aromatic N) is 2. The van der Waals surface area contributed by atoms with Crippen LogP contribution < -0.4 is 4.74 Å². The first kappa shape index (κ1) is 26.7. The molecule has 0 saturated heterocycles. The van der Waals surface area contributed by atoms with Crippen LogP contribution in [-0.2, 0) is 17.4 Å². The summed E-state index contributed by atoms with van der Waals surface area (Å²) in [7, 11) is 1.59. The highest BCUT2D eigenvalue weighted by molar-refractivity contribution is 7.10. The quantitative estimate of drug-likeness (QED) is 0.366. The fourth-order valence-corrected chi connectivity index (χ4v) is 5.51. The molecule has 0 spiro atoms. The number of carbonyl (C=O) groups excluding carboxylic acids is 2. The normalized spacial score (nSPS) is 16.2. The Morgan fingerprint density at radius 3 is 2.54 bits per heavy atom. The van der Waals surface area contributed by atoms with E-state index in [4.69, 9.17) is 4.74 Å². The van der Waals surface area contributed by atoms with E-state index in [2.05, 4.69) is 0 Å². The average Bonchev–Trinajstić information content (AvgIpc) is 3.39. The third-order valence-corrected chi connectivity index (χ3v) is 7.84. The predicted octanol–water partition coefficient (Wildman–Crippen LogP) is 6.19. The zero-order valence-electron chi connectivity index (χ0n) is 20.9. The van der Waals surface area contributed by atoms with E-state index in [9.17, 15) is 22.8 Å². The molecule has 0 aliphatic carbocycles. The molecule has 1 aliphatic rings. The summed E-state index contributed by atoms with van der Waals surface area (Å²) in [6.45, 7) is 3.93. The second kappa shape index (κ2) is 11.0. The lowest BCUT2D eigenvalue weighted by molar-refractivity contribution is -0.137. The van der Waals surface area contributed by atoms with E-state index in [1.165, 1.54) is 21.9 Å². The van der Waals surface area contributed by atoms with Gasteiger partial charge in [-0.3, -0.25) is 9.59 Å². The monoisotopic (exact) mass is 530 g/mol. The van der Waals surface area contributed by atoms with Crippen molar-refractivity contribution in [2.45, 2.75) is 44.9 Å². The zero-order valence-corrected chi connectivity index (χ0v) is 21.7. The Balaban J connectivity index is 1.64. The molecule has 4 rings (SSSR count). The fourth-order valence-electron chi connectivity index (χ4n) is 4.61. The third kappa shape index (κ3) is 5.66. The van der Waals surface area contributed by atoms with Crippen molar-refractivity contribution in [3.05, 3.63) is 87.1 Å². The van der Waals surface area contributed by atoms with Crippen molar-refractivity contribution in [3.63, 3.8) is 0 Å². The lowest BCUT2D eigenvalue weighted by Crippen LogP contribution is -2.49. The van der Waals surface area contributed by atoms with Gasteiger partial charge in [-0.1, -0.05) is 25.1 Å². The topological polar surface area (TPSA) is 49.9 Å². The fraction of sp³-hybridized carbons (Fsp3) is 0.357. The number of fused-ring (bicyclic) bond motifs is 1. The van der Waals surface area contributed by atoms with Crippen LogP contribution in [0.4, 0.5) is 13.2 Å². The Morgan fingerprint density at radius 1 is 1.16 bits per heavy atom. The van der Waals surface area contributed by atoms with E-state index in [-0.39, 0.29) is 30.1 Å². The molecular weight excluding hydrogens is 501 g/mol. The minimum atomic E-state index is -4.56. The number of rotatable bonds is 7. The molecule has 0 radical (unpaired) electrons. The molecule has 2 amide bonds. The summed E-state index contributed by atoms with van der Waals surface area (Å²) in [5, 5.41) is 2.01. The number of hydrogen-bond acceptors (Lipinski definition) is 4. The largest absolute Gasteiger partial charge is 0.497 e. The summed E-state index contributed by atoms with van der Waals surface area (Å²) in [6.07, 6.45) is -3.31. The number of hydrogen-bond donors (Lipinski definition) is 0. The van der Waals surface area contributed by atoms with Gasteiger partial charge in [-0.05, 0) is 72.7 Å². The summed E-state index contributed by atoms with van der Waals surface area (Å²) in [5.74, 6) is -0.140. The van der Waals surface area contributed by atoms with Crippen molar-refractivity contribution >= 4 is 23.2 Å². The van der Waals surface area contributed by atoms with E-state index in [0.29, 0.717) is 25.1 Å². The Labute approximate surface area is 218 Å². The Morgan fingerprint density at radius 2 is 1.89 bits per heavy atom. The van der Waals surface area contributed by atoms with Gasteiger partial charge in [0.1, 0.15) is 12.3 Å². The number of methoxy groups -OCH3 is 1. The predicted molar refractivity (Wildman–Crippen MR) is 137 cm³/mol. The summed E-state index contributed by atoms with van der Waals surface area (Å²) in [5.41, 5.74) is 0.990. The molecule has 2 heterocycles. The van der Waals surface area contributed by atoms with Gasteiger partial charge >= 0.3 is 6.18 Å². The van der Waals surface area contributed by atoms with Gasteiger partial charge in [0.2, 0.25) is 5.91 Å². The maximum Gasteiger partial charge on any atom is 0.416 e. The molecule has 0 N–H and O–H groups in total. The maximum atomic E-state index is 13.8. The molecule has 196 valence electrons. The van der Waals surface area contributed by atoms with Gasteiger partial charge in [0.25, 0.3) is 5.91 Å². The van der Waals surface area contributed by atoms with Crippen molar-refractivity contribution in [2.24, 2.45) is 0 Å². The van der Waals surface area contributed by atoms with Crippen LogP contribution in [0.15, 0.2) is 60.0 Å². The Bertz CT molecular complexity index is 1260. The summed E-state index contributed by atoms with van der Waals surface area (Å²) < 4.78 is 45.1. The van der Waals surface area contributed by atoms with Crippen LogP contribution in [0.3, 0.4) is 0 Å². The van der Waals surface area contributed by atoms with Crippen LogP contribution in [0.2, 0.25) is 0 Å². The smallest absolute Gasteiger partial charge is 0.416 e. The average molecular weight is 531 g/mol. The van der Waals surface area contributed by atoms with Crippen LogP contribution in [-0.4, -0.2) is 47.9 Å². The zero-order chi connectivity index (χ0) is 26.7. The molecule has 3 aromatic rings. The summed E-state index contributed by atoms with van der Waals surface area (Å²) >= 11 is 1.65. The van der Waals surface area contributed by atoms with Crippen molar-refractivity contribution in [1.29, 1.82) is 0 Å². The number of ether oxygens (including phenoxy) is 1. The van der Waals surface area contributed by atoms with Crippen LogP contribution in [0, 0.1) is 0 Å². The lowest BCUT2D eigenvalue weighted by atomic mass is 9.93. The third-order valence-electron chi connectivity index (χ3n) is 6.84. The van der Waals surface area contributed by atoms with Gasteiger partial charge < -0.3 is 14.5 Å². The van der Waals surface area contributed by atoms with Crippen LogP contribution in [0.1, 0.15) is 58.2 Å². The molecule has 2 aromatic carbocycles. The van der Waals surface area contributed by atoms with Crippen LogP contribution in [0.25, 0.3) is 0 Å². The highest BCUT2D eigenvalue weighted by Gasteiger charge is 2.36. The molecule has 2 unspecified atom stereocenters. The molecule has 0 fully saturated rings. The van der Waals surface area contributed by atoms with Crippen LogP contribution >= 0.6 is 11.3 Å². The SMILES string of the molecule is CCC(C)N(CC(=O)N1CCc2sccc2C1c1ccc(OC)cc1)C(=O)c1cccc(C(F)(F)F)c1. The molecule has 5 nitrogen and oxygen atoms in total. The van der Waals surface area contributed by atoms with Crippen molar-refractivity contribution < 1.29 is 27.5 Å². The van der Waals surface area contributed by atoms with Gasteiger partial charge in [0.05, 0.1) is 18.7 Å². The number of alkyl halides is 3. The highest BCUT2D eigenvalue weighted by Crippen LogP contribution is 2.38. The number of carbonyl (C=O) groups is 2. The van der Waals surface area contributed by atoms with E-state index in [0.717, 1.165) is 23.3 Å². The van der Waals surface area contributed by atoms with E-state index in [1.807, 2.05) is 42.6 Å². The van der Waals surface area contributed by atoms with Gasteiger partial charge in [0.15, 0.2) is 0 Å². The second-order valence-corrected chi connectivity index (χ2v) is 10.1. The van der Waals surface area contributed by atoms with E-state index < -0.39 is 17.6 Å². The summed E-state index contributed by atoms with van der Waals surface area (Å²) in [6, 6.07) is 13.3. The van der Waals surface area contributed by atoms with E-state index >= 15 is 0 Å². The molecule has 1 aromatic heterocycles. The van der Waals surface area contributed by atoms with Crippen molar-refractivity contribution in [1.82, 2.24) is 9.80 Å². The highest BCUT2D eigenvalue weighted by atomic mass is 32.1. The summed E-state index contributed by atoms with van der Waals surface area (Å²) in [4.78, 5) is 31.5. The van der Waals surface area contributed by atoms with Crippen LogP contribution in [0.5, 0.6) is 5.75 Å². The molecular formula is C28H29F3N2O3S.